The van der Waals surface area contributed by atoms with Crippen molar-refractivity contribution in [3.63, 3.8) is 0 Å². The van der Waals surface area contributed by atoms with Crippen LogP contribution in [0.5, 0.6) is 5.75 Å². The fourth-order valence-corrected chi connectivity index (χ4v) is 3.95. The van der Waals surface area contributed by atoms with E-state index in [0.717, 1.165) is 53.3 Å². The molecule has 4 rings (SSSR count). The quantitative estimate of drug-likeness (QED) is 0.925. The molecule has 2 aromatic rings. The number of aromatic nitrogens is 1. The van der Waals surface area contributed by atoms with E-state index in [0.29, 0.717) is 6.42 Å². The van der Waals surface area contributed by atoms with Crippen LogP contribution in [0, 0.1) is 0 Å². The van der Waals surface area contributed by atoms with Crippen LogP contribution in [0.4, 0.5) is 0 Å². The molecule has 4 nitrogen and oxygen atoms in total. The van der Waals surface area contributed by atoms with Gasteiger partial charge in [0, 0.05) is 29.6 Å². The number of hydrogen-bond donors (Lipinski definition) is 1. The summed E-state index contributed by atoms with van der Waals surface area (Å²) in [5, 5.41) is 12.3. The largest absolute Gasteiger partial charge is 0.508 e. The third-order valence-corrected chi connectivity index (χ3v) is 5.35. The van der Waals surface area contributed by atoms with Crippen LogP contribution in [0.3, 0.4) is 0 Å². The number of thiazole rings is 1. The predicted molar refractivity (Wildman–Crippen MR) is 95.7 cm³/mol. The minimum absolute atomic E-state index is 0.174. The highest BCUT2D eigenvalue weighted by Crippen LogP contribution is 2.32. The van der Waals surface area contributed by atoms with E-state index in [4.69, 9.17) is 0 Å². The second-order valence-corrected chi connectivity index (χ2v) is 6.98. The molecular weight excluding hydrogens is 320 g/mol. The van der Waals surface area contributed by atoms with Gasteiger partial charge in [-0.25, -0.2) is 4.98 Å². The van der Waals surface area contributed by atoms with Crippen molar-refractivity contribution >= 4 is 22.8 Å². The number of carbonyl (C=O) groups excluding carboxylic acids is 1. The Morgan fingerprint density at radius 2 is 1.92 bits per heavy atom. The molecule has 1 aliphatic carbocycles. The molecule has 0 bridgehead atoms. The molecule has 0 unspecified atom stereocenters. The molecule has 1 saturated heterocycles. The maximum atomic E-state index is 12.5. The molecule has 1 aromatic carbocycles. The number of rotatable bonds is 3. The highest BCUT2D eigenvalue weighted by molar-refractivity contribution is 7.13. The number of hydrogen-bond acceptors (Lipinski definition) is 4. The first-order chi connectivity index (χ1) is 11.7. The lowest BCUT2D eigenvalue weighted by Gasteiger charge is -2.15. The van der Waals surface area contributed by atoms with Crippen LogP contribution < -0.4 is 0 Å². The van der Waals surface area contributed by atoms with Crippen LogP contribution in [-0.2, 0) is 4.79 Å². The molecule has 1 aromatic heterocycles. The summed E-state index contributed by atoms with van der Waals surface area (Å²) in [6, 6.07) is 7.05. The van der Waals surface area contributed by atoms with Crippen molar-refractivity contribution in [3.8, 4) is 16.3 Å². The van der Waals surface area contributed by atoms with Crippen molar-refractivity contribution in [2.24, 2.45) is 0 Å². The van der Waals surface area contributed by atoms with Gasteiger partial charge < -0.3 is 10.0 Å². The highest BCUT2D eigenvalue weighted by atomic mass is 32.1. The summed E-state index contributed by atoms with van der Waals surface area (Å²) in [6.45, 7) is 1.76. The first kappa shape index (κ1) is 15.1. The lowest BCUT2D eigenvalue weighted by Crippen LogP contribution is -2.28. The Hall–Kier alpha value is -2.40. The molecule has 0 radical (unpaired) electrons. The zero-order valence-electron chi connectivity index (χ0n) is 13.2. The first-order valence-electron chi connectivity index (χ1n) is 8.16. The van der Waals surface area contributed by atoms with Crippen molar-refractivity contribution in [1.29, 1.82) is 0 Å². The van der Waals surface area contributed by atoms with Crippen molar-refractivity contribution in [2.75, 3.05) is 13.1 Å². The van der Waals surface area contributed by atoms with Gasteiger partial charge in [0.25, 0.3) is 0 Å². The van der Waals surface area contributed by atoms with Gasteiger partial charge in [0.2, 0.25) is 5.91 Å². The molecule has 1 aliphatic heterocycles. The van der Waals surface area contributed by atoms with E-state index in [2.05, 4.69) is 11.1 Å². The molecule has 5 heteroatoms. The number of nitrogens with zero attached hydrogens (tertiary/aromatic N) is 2. The summed E-state index contributed by atoms with van der Waals surface area (Å²) < 4.78 is 0. The standard InChI is InChI=1S/C19H18N2O2S/c22-16-7-5-13(6-8-16)18-20-17(12-24-18)14-3-4-15(11-14)19(23)21-9-1-2-10-21/h3,5-8,11-12,22H,1-2,4,9-10H2. The third-order valence-electron chi connectivity index (χ3n) is 4.45. The van der Waals surface area contributed by atoms with E-state index in [1.807, 2.05) is 28.5 Å². The predicted octanol–water partition coefficient (Wildman–Crippen LogP) is 3.85. The molecule has 24 heavy (non-hydrogen) atoms. The molecule has 0 saturated carbocycles. The molecule has 0 spiro atoms. The average molecular weight is 338 g/mol. The van der Waals surface area contributed by atoms with Crippen molar-refractivity contribution < 1.29 is 9.90 Å². The maximum Gasteiger partial charge on any atom is 0.250 e. The maximum absolute atomic E-state index is 12.5. The molecule has 1 N–H and O–H groups in total. The Balaban J connectivity index is 1.52. The van der Waals surface area contributed by atoms with Crippen LogP contribution in [0.25, 0.3) is 16.1 Å². The van der Waals surface area contributed by atoms with Gasteiger partial charge >= 0.3 is 0 Å². The minimum Gasteiger partial charge on any atom is -0.508 e. The number of amides is 1. The van der Waals surface area contributed by atoms with Crippen LogP contribution in [0.15, 0.2) is 47.4 Å². The highest BCUT2D eigenvalue weighted by Gasteiger charge is 2.24. The van der Waals surface area contributed by atoms with Crippen molar-refractivity contribution in [2.45, 2.75) is 19.3 Å². The van der Waals surface area contributed by atoms with E-state index in [9.17, 15) is 9.90 Å². The molecule has 2 heterocycles. The van der Waals surface area contributed by atoms with Gasteiger partial charge in [-0.1, -0.05) is 6.08 Å². The second-order valence-electron chi connectivity index (χ2n) is 6.12. The molecule has 122 valence electrons. The summed E-state index contributed by atoms with van der Waals surface area (Å²) in [7, 11) is 0. The molecule has 0 atom stereocenters. The topological polar surface area (TPSA) is 53.4 Å². The fourth-order valence-electron chi connectivity index (χ4n) is 3.12. The van der Waals surface area contributed by atoms with Crippen LogP contribution in [0.2, 0.25) is 0 Å². The van der Waals surface area contributed by atoms with Gasteiger partial charge in [-0.15, -0.1) is 11.3 Å². The molecule has 1 fully saturated rings. The van der Waals surface area contributed by atoms with Gasteiger partial charge in [0.1, 0.15) is 10.8 Å². The van der Waals surface area contributed by atoms with Crippen LogP contribution >= 0.6 is 11.3 Å². The summed E-state index contributed by atoms with van der Waals surface area (Å²) >= 11 is 1.57. The van der Waals surface area contributed by atoms with Gasteiger partial charge in [-0.2, -0.15) is 0 Å². The van der Waals surface area contributed by atoms with Crippen molar-refractivity contribution in [3.05, 3.63) is 53.1 Å². The number of likely N-dealkylation sites (tertiary alicyclic amines) is 1. The van der Waals surface area contributed by atoms with Crippen LogP contribution in [-0.4, -0.2) is 34.0 Å². The summed E-state index contributed by atoms with van der Waals surface area (Å²) in [5.41, 5.74) is 3.79. The van der Waals surface area contributed by atoms with Gasteiger partial charge in [0.15, 0.2) is 0 Å². The van der Waals surface area contributed by atoms with Gasteiger partial charge in [-0.3, -0.25) is 4.79 Å². The van der Waals surface area contributed by atoms with E-state index >= 15 is 0 Å². The number of carbonyl (C=O) groups is 1. The normalized spacial score (nSPS) is 17.1. The zero-order chi connectivity index (χ0) is 16.5. The SMILES string of the molecule is O=C(C1=CC(c2csc(-c3ccc(O)cc3)n2)=CC1)N1CCCC1. The number of benzene rings is 1. The first-order valence-corrected chi connectivity index (χ1v) is 9.04. The Labute approximate surface area is 144 Å². The van der Waals surface area contributed by atoms with Crippen LogP contribution in [0.1, 0.15) is 25.0 Å². The van der Waals surface area contributed by atoms with E-state index in [1.54, 1.807) is 23.5 Å². The molecule has 1 amide bonds. The Morgan fingerprint density at radius 3 is 2.67 bits per heavy atom. The van der Waals surface area contributed by atoms with Gasteiger partial charge in [0.05, 0.1) is 5.69 Å². The van der Waals surface area contributed by atoms with Gasteiger partial charge in [-0.05, 0) is 55.2 Å². The van der Waals surface area contributed by atoms with Crippen molar-refractivity contribution in [1.82, 2.24) is 9.88 Å². The fraction of sp³-hybridized carbons (Fsp3) is 0.263. The number of aromatic hydroxyl groups is 1. The van der Waals surface area contributed by atoms with E-state index in [-0.39, 0.29) is 11.7 Å². The third kappa shape index (κ3) is 2.87. The second kappa shape index (κ2) is 6.24. The summed E-state index contributed by atoms with van der Waals surface area (Å²) in [4.78, 5) is 19.1. The van der Waals surface area contributed by atoms with E-state index in [1.165, 1.54) is 0 Å². The zero-order valence-corrected chi connectivity index (χ0v) is 14.1. The minimum atomic E-state index is 0.174. The van der Waals surface area contributed by atoms with E-state index < -0.39 is 0 Å². The smallest absolute Gasteiger partial charge is 0.250 e. The lowest BCUT2D eigenvalue weighted by molar-refractivity contribution is -0.126. The Kier molecular flexibility index (Phi) is 3.94. The lowest BCUT2D eigenvalue weighted by atomic mass is 10.2. The average Bonchev–Trinajstić information content (AvgIpc) is 3.34. The Morgan fingerprint density at radius 1 is 1.17 bits per heavy atom. The number of phenols is 1. The Bertz CT molecular complexity index is 827. The summed E-state index contributed by atoms with van der Waals surface area (Å²) in [6.07, 6.45) is 6.98. The monoisotopic (exact) mass is 338 g/mol. The number of allylic oxidation sites excluding steroid dienone is 3. The number of phenolic OH excluding ortho intramolecular Hbond substituents is 1. The summed E-state index contributed by atoms with van der Waals surface area (Å²) in [5.74, 6) is 0.426. The molecule has 2 aliphatic rings. The molecular formula is C19H18N2O2S.